The molecular formula is C11H14ClNO3. The fraction of sp³-hybridized carbons (Fsp3) is 0.364. The van der Waals surface area contributed by atoms with Crippen LogP contribution in [0.1, 0.15) is 6.92 Å². The van der Waals surface area contributed by atoms with Crippen molar-refractivity contribution >= 4 is 24.1 Å². The number of benzene rings is 1. The van der Waals surface area contributed by atoms with Crippen LogP contribution in [-0.4, -0.2) is 25.2 Å². The predicted molar refractivity (Wildman–Crippen MR) is 63.2 cm³/mol. The molecular weight excluding hydrogens is 230 g/mol. The van der Waals surface area contributed by atoms with Gasteiger partial charge in [0.05, 0.1) is 18.8 Å². The number of anilines is 1. The monoisotopic (exact) mass is 243 g/mol. The number of carbonyl (C=O) groups is 1. The third kappa shape index (κ3) is 2.58. The highest BCUT2D eigenvalue weighted by Crippen LogP contribution is 2.28. The summed E-state index contributed by atoms with van der Waals surface area (Å²) in [7, 11) is 0. The van der Waals surface area contributed by atoms with E-state index in [9.17, 15) is 4.79 Å². The van der Waals surface area contributed by atoms with Gasteiger partial charge in [0.25, 0.3) is 0 Å². The summed E-state index contributed by atoms with van der Waals surface area (Å²) in [5, 5.41) is 3.13. The van der Waals surface area contributed by atoms with Crippen LogP contribution in [0.2, 0.25) is 0 Å². The second kappa shape index (κ2) is 5.61. The number of hydrogen-bond acceptors (Lipinski definition) is 4. The van der Waals surface area contributed by atoms with Crippen LogP contribution >= 0.6 is 12.4 Å². The van der Waals surface area contributed by atoms with Gasteiger partial charge in [-0.2, -0.15) is 0 Å². The van der Waals surface area contributed by atoms with E-state index >= 15 is 0 Å². The first kappa shape index (κ1) is 12.6. The average Bonchev–Trinajstić information content (AvgIpc) is 2.29. The summed E-state index contributed by atoms with van der Waals surface area (Å²) in [6.45, 7) is 2.61. The van der Waals surface area contributed by atoms with Crippen molar-refractivity contribution in [3.05, 3.63) is 24.3 Å². The van der Waals surface area contributed by atoms with Crippen LogP contribution in [0.5, 0.6) is 5.75 Å². The molecule has 1 unspecified atom stereocenters. The highest BCUT2D eigenvalue weighted by atomic mass is 35.5. The first-order chi connectivity index (χ1) is 7.31. The van der Waals surface area contributed by atoms with Crippen LogP contribution < -0.4 is 10.1 Å². The fourth-order valence-corrected chi connectivity index (χ4v) is 1.48. The highest BCUT2D eigenvalue weighted by molar-refractivity contribution is 5.85. The van der Waals surface area contributed by atoms with Gasteiger partial charge < -0.3 is 14.8 Å². The zero-order valence-electron chi connectivity index (χ0n) is 8.93. The minimum Gasteiger partial charge on any atom is -0.475 e. The van der Waals surface area contributed by atoms with E-state index in [1.807, 2.05) is 24.3 Å². The molecule has 0 aromatic heterocycles. The molecule has 0 radical (unpaired) electrons. The molecule has 0 aliphatic carbocycles. The van der Waals surface area contributed by atoms with Gasteiger partial charge in [-0.3, -0.25) is 0 Å². The van der Waals surface area contributed by atoms with Crippen molar-refractivity contribution in [2.45, 2.75) is 13.0 Å². The minimum absolute atomic E-state index is 0. The molecule has 0 amide bonds. The van der Waals surface area contributed by atoms with Gasteiger partial charge in [-0.15, -0.1) is 12.4 Å². The Morgan fingerprint density at radius 3 is 3.06 bits per heavy atom. The molecule has 2 rings (SSSR count). The van der Waals surface area contributed by atoms with Crippen molar-refractivity contribution in [3.8, 4) is 5.75 Å². The predicted octanol–water partition coefficient (Wildman–Crippen LogP) is 1.84. The van der Waals surface area contributed by atoms with Gasteiger partial charge in [-0.25, -0.2) is 4.79 Å². The van der Waals surface area contributed by atoms with Gasteiger partial charge in [0, 0.05) is 0 Å². The van der Waals surface area contributed by atoms with Crippen molar-refractivity contribution in [1.29, 1.82) is 0 Å². The molecule has 0 fully saturated rings. The van der Waals surface area contributed by atoms with E-state index in [4.69, 9.17) is 9.47 Å². The lowest BCUT2D eigenvalue weighted by atomic mass is 10.2. The zero-order valence-corrected chi connectivity index (χ0v) is 9.75. The van der Waals surface area contributed by atoms with Crippen molar-refractivity contribution in [2.24, 2.45) is 0 Å². The Morgan fingerprint density at radius 1 is 1.56 bits per heavy atom. The smallest absolute Gasteiger partial charge is 0.349 e. The van der Waals surface area contributed by atoms with Gasteiger partial charge in [-0.1, -0.05) is 12.1 Å². The van der Waals surface area contributed by atoms with Crippen LogP contribution in [0.25, 0.3) is 0 Å². The Morgan fingerprint density at radius 2 is 2.31 bits per heavy atom. The Kier molecular flexibility index (Phi) is 4.43. The molecule has 1 N–H and O–H groups in total. The van der Waals surface area contributed by atoms with Gasteiger partial charge in [-0.05, 0) is 19.1 Å². The highest BCUT2D eigenvalue weighted by Gasteiger charge is 2.26. The Hall–Kier alpha value is -1.42. The van der Waals surface area contributed by atoms with Crippen LogP contribution in [-0.2, 0) is 9.53 Å². The van der Waals surface area contributed by atoms with Gasteiger partial charge >= 0.3 is 5.97 Å². The van der Waals surface area contributed by atoms with Crippen LogP contribution in [0, 0.1) is 0 Å². The van der Waals surface area contributed by atoms with Crippen molar-refractivity contribution in [1.82, 2.24) is 0 Å². The van der Waals surface area contributed by atoms with Gasteiger partial charge in [0.2, 0.25) is 6.10 Å². The van der Waals surface area contributed by atoms with E-state index < -0.39 is 6.10 Å². The number of ether oxygens (including phenoxy) is 2. The topological polar surface area (TPSA) is 47.6 Å². The molecule has 1 aliphatic heterocycles. The number of carbonyl (C=O) groups excluding carboxylic acids is 1. The molecule has 0 saturated carbocycles. The summed E-state index contributed by atoms with van der Waals surface area (Å²) in [5.74, 6) is 0.376. The van der Waals surface area contributed by atoms with Crippen LogP contribution in [0.15, 0.2) is 24.3 Å². The summed E-state index contributed by atoms with van der Waals surface area (Å²) >= 11 is 0. The lowest BCUT2D eigenvalue weighted by Crippen LogP contribution is -2.38. The molecule has 1 aromatic carbocycles. The molecule has 88 valence electrons. The SMILES string of the molecule is CCOC(=O)C1CNc2ccccc2O1.Cl. The van der Waals surface area contributed by atoms with Crippen molar-refractivity contribution < 1.29 is 14.3 Å². The summed E-state index contributed by atoms with van der Waals surface area (Å²) in [5.41, 5.74) is 0.915. The molecule has 5 heteroatoms. The lowest BCUT2D eigenvalue weighted by molar-refractivity contribution is -0.150. The molecule has 0 bridgehead atoms. The average molecular weight is 244 g/mol. The lowest BCUT2D eigenvalue weighted by Gasteiger charge is -2.25. The molecule has 0 spiro atoms. The maximum atomic E-state index is 11.4. The summed E-state index contributed by atoms with van der Waals surface area (Å²) in [6, 6.07) is 7.53. The number of fused-ring (bicyclic) bond motifs is 1. The summed E-state index contributed by atoms with van der Waals surface area (Å²) < 4.78 is 10.4. The fourth-order valence-electron chi connectivity index (χ4n) is 1.48. The molecule has 0 saturated heterocycles. The maximum absolute atomic E-state index is 11.4. The Labute approximate surface area is 100 Å². The van der Waals surface area contributed by atoms with Crippen LogP contribution in [0.3, 0.4) is 0 Å². The third-order valence-corrected chi connectivity index (χ3v) is 2.18. The molecule has 1 atom stereocenters. The quantitative estimate of drug-likeness (QED) is 0.806. The number of rotatable bonds is 2. The molecule has 1 heterocycles. The number of nitrogens with one attached hydrogen (secondary N) is 1. The maximum Gasteiger partial charge on any atom is 0.349 e. The van der Waals surface area contributed by atoms with Crippen molar-refractivity contribution in [3.63, 3.8) is 0 Å². The standard InChI is InChI=1S/C11H13NO3.ClH/c1-2-14-11(13)10-7-12-8-5-3-4-6-9(8)15-10;/h3-6,10,12H,2,7H2,1H3;1H. The minimum atomic E-state index is -0.542. The third-order valence-electron chi connectivity index (χ3n) is 2.18. The molecule has 1 aliphatic rings. The number of halogens is 1. The Balaban J connectivity index is 0.00000128. The second-order valence-electron chi connectivity index (χ2n) is 3.24. The van der Waals surface area contributed by atoms with E-state index in [-0.39, 0.29) is 18.4 Å². The number of esters is 1. The van der Waals surface area contributed by atoms with E-state index in [0.29, 0.717) is 18.9 Å². The van der Waals surface area contributed by atoms with Gasteiger partial charge in [0.15, 0.2) is 0 Å². The van der Waals surface area contributed by atoms with Crippen molar-refractivity contribution in [2.75, 3.05) is 18.5 Å². The van der Waals surface area contributed by atoms with Gasteiger partial charge in [0.1, 0.15) is 5.75 Å². The zero-order chi connectivity index (χ0) is 10.7. The summed E-state index contributed by atoms with van der Waals surface area (Å²) in [4.78, 5) is 11.4. The Bertz CT molecular complexity index is 370. The number of hydrogen-bond donors (Lipinski definition) is 1. The molecule has 4 nitrogen and oxygen atoms in total. The normalized spacial score (nSPS) is 17.2. The largest absolute Gasteiger partial charge is 0.475 e. The second-order valence-corrected chi connectivity index (χ2v) is 3.24. The first-order valence-electron chi connectivity index (χ1n) is 4.97. The summed E-state index contributed by atoms with van der Waals surface area (Å²) in [6.07, 6.45) is -0.542. The van der Waals surface area contributed by atoms with E-state index in [1.165, 1.54) is 0 Å². The van der Waals surface area contributed by atoms with E-state index in [1.54, 1.807) is 6.92 Å². The van der Waals surface area contributed by atoms with E-state index in [0.717, 1.165) is 5.69 Å². The van der Waals surface area contributed by atoms with Crippen LogP contribution in [0.4, 0.5) is 5.69 Å². The number of para-hydroxylation sites is 2. The first-order valence-corrected chi connectivity index (χ1v) is 4.97. The molecule has 1 aromatic rings. The van der Waals surface area contributed by atoms with E-state index in [2.05, 4.69) is 5.32 Å². The molecule has 16 heavy (non-hydrogen) atoms.